The van der Waals surface area contributed by atoms with Crippen molar-refractivity contribution in [3.05, 3.63) is 41.5 Å². The molecule has 0 aliphatic carbocycles. The smallest absolute Gasteiger partial charge is 0.341 e. The van der Waals surface area contributed by atoms with Crippen LogP contribution in [0.3, 0.4) is 0 Å². The Morgan fingerprint density at radius 3 is 2.68 bits per heavy atom. The van der Waals surface area contributed by atoms with E-state index in [2.05, 4.69) is 4.98 Å². The summed E-state index contributed by atoms with van der Waals surface area (Å²) in [6, 6.07) is 7.32. The number of aryl methyl sites for hydroxylation is 2. The van der Waals surface area contributed by atoms with Gasteiger partial charge >= 0.3 is 5.97 Å². The normalized spacial score (nSPS) is 10.5. The van der Waals surface area contributed by atoms with E-state index in [0.717, 1.165) is 22.9 Å². The first-order valence-electron chi connectivity index (χ1n) is 5.96. The molecule has 0 saturated heterocycles. The molecule has 1 aromatic heterocycles. The predicted molar refractivity (Wildman–Crippen MR) is 70.9 cm³/mol. The Morgan fingerprint density at radius 2 is 2.11 bits per heavy atom. The predicted octanol–water partition coefficient (Wildman–Crippen LogP) is 2.26. The quantitative estimate of drug-likeness (QED) is 0.915. The van der Waals surface area contributed by atoms with Crippen LogP contribution < -0.4 is 4.74 Å². The van der Waals surface area contributed by atoms with E-state index in [1.165, 1.54) is 0 Å². The first-order chi connectivity index (χ1) is 8.99. The third kappa shape index (κ3) is 2.76. The molecule has 1 N–H and O–H groups in total. The molecule has 0 aliphatic rings. The average Bonchev–Trinajstić information content (AvgIpc) is 2.61. The van der Waals surface area contributed by atoms with Crippen molar-refractivity contribution in [2.75, 3.05) is 6.61 Å². The summed E-state index contributed by atoms with van der Waals surface area (Å²) in [5.41, 5.74) is 2.96. The number of benzene rings is 1. The Morgan fingerprint density at radius 1 is 1.37 bits per heavy atom. The van der Waals surface area contributed by atoms with E-state index >= 15 is 0 Å². The van der Waals surface area contributed by atoms with E-state index in [1.807, 2.05) is 43.5 Å². The van der Waals surface area contributed by atoms with E-state index < -0.39 is 5.97 Å². The lowest BCUT2D eigenvalue weighted by Crippen LogP contribution is -2.09. The molecule has 1 aromatic carbocycles. The highest BCUT2D eigenvalue weighted by Gasteiger charge is 2.10. The number of carbonyl (C=O) groups is 1. The van der Waals surface area contributed by atoms with Gasteiger partial charge in [-0.15, -0.1) is 0 Å². The van der Waals surface area contributed by atoms with Gasteiger partial charge in [-0.3, -0.25) is 0 Å². The van der Waals surface area contributed by atoms with Crippen LogP contribution in [0.5, 0.6) is 5.75 Å². The van der Waals surface area contributed by atoms with Gasteiger partial charge in [-0.25, -0.2) is 9.78 Å². The van der Waals surface area contributed by atoms with Gasteiger partial charge in [0.1, 0.15) is 11.6 Å². The summed E-state index contributed by atoms with van der Waals surface area (Å²) >= 11 is 0. The van der Waals surface area contributed by atoms with Crippen LogP contribution in [0.4, 0.5) is 0 Å². The van der Waals surface area contributed by atoms with Gasteiger partial charge in [-0.1, -0.05) is 6.07 Å². The van der Waals surface area contributed by atoms with Gasteiger partial charge in [-0.05, 0) is 32.9 Å². The average molecular weight is 260 g/mol. The van der Waals surface area contributed by atoms with Gasteiger partial charge in [0.2, 0.25) is 0 Å². The van der Waals surface area contributed by atoms with Crippen molar-refractivity contribution in [1.29, 1.82) is 0 Å². The standard InChI is InChI=1S/C14H16N2O3/c1-9-10(2)16(11(3)15-9)12-5-4-6-13(7-12)19-8-14(17)18/h4-7H,8H2,1-3H3,(H,17,18). The van der Waals surface area contributed by atoms with Crippen molar-refractivity contribution in [3.8, 4) is 11.4 Å². The van der Waals surface area contributed by atoms with Crippen molar-refractivity contribution in [2.45, 2.75) is 20.8 Å². The molecular formula is C14H16N2O3. The van der Waals surface area contributed by atoms with Crippen molar-refractivity contribution in [1.82, 2.24) is 9.55 Å². The number of nitrogens with zero attached hydrogens (tertiary/aromatic N) is 2. The Labute approximate surface area is 111 Å². The van der Waals surface area contributed by atoms with Crippen molar-refractivity contribution >= 4 is 5.97 Å². The molecule has 1 heterocycles. The number of aliphatic carboxylic acids is 1. The van der Waals surface area contributed by atoms with E-state index in [0.29, 0.717) is 5.75 Å². The molecule has 0 radical (unpaired) electrons. The fourth-order valence-electron chi connectivity index (χ4n) is 2.02. The number of carboxylic acid groups (broad SMARTS) is 1. The molecule has 5 nitrogen and oxygen atoms in total. The Kier molecular flexibility index (Phi) is 3.55. The lowest BCUT2D eigenvalue weighted by molar-refractivity contribution is -0.139. The molecule has 0 unspecified atom stereocenters. The molecule has 2 aromatic rings. The molecular weight excluding hydrogens is 244 g/mol. The highest BCUT2D eigenvalue weighted by atomic mass is 16.5. The van der Waals surface area contributed by atoms with Crippen molar-refractivity contribution < 1.29 is 14.6 Å². The molecule has 0 bridgehead atoms. The number of carboxylic acids is 1. The highest BCUT2D eigenvalue weighted by molar-refractivity contribution is 5.68. The van der Waals surface area contributed by atoms with Gasteiger partial charge in [0.15, 0.2) is 6.61 Å². The maximum Gasteiger partial charge on any atom is 0.341 e. The molecule has 0 spiro atoms. The maximum absolute atomic E-state index is 10.5. The summed E-state index contributed by atoms with van der Waals surface area (Å²) in [5, 5.41) is 8.61. The third-order valence-electron chi connectivity index (χ3n) is 2.95. The van der Waals surface area contributed by atoms with Crippen LogP contribution in [0.15, 0.2) is 24.3 Å². The lowest BCUT2D eigenvalue weighted by atomic mass is 10.2. The molecule has 100 valence electrons. The Balaban J connectivity index is 2.35. The van der Waals surface area contributed by atoms with E-state index in [1.54, 1.807) is 6.07 Å². The maximum atomic E-state index is 10.5. The number of ether oxygens (including phenoxy) is 1. The van der Waals surface area contributed by atoms with Crippen LogP contribution in [0, 0.1) is 20.8 Å². The third-order valence-corrected chi connectivity index (χ3v) is 2.95. The van der Waals surface area contributed by atoms with Crippen molar-refractivity contribution in [3.63, 3.8) is 0 Å². The number of hydrogen-bond donors (Lipinski definition) is 1. The highest BCUT2D eigenvalue weighted by Crippen LogP contribution is 2.21. The van der Waals surface area contributed by atoms with E-state index in [-0.39, 0.29) is 6.61 Å². The fourth-order valence-corrected chi connectivity index (χ4v) is 2.02. The zero-order chi connectivity index (χ0) is 14.0. The first-order valence-corrected chi connectivity index (χ1v) is 5.96. The molecule has 19 heavy (non-hydrogen) atoms. The molecule has 0 fully saturated rings. The zero-order valence-electron chi connectivity index (χ0n) is 11.2. The summed E-state index contributed by atoms with van der Waals surface area (Å²) in [5.74, 6) is 0.437. The summed E-state index contributed by atoms with van der Waals surface area (Å²) in [6.07, 6.45) is 0. The van der Waals surface area contributed by atoms with Crippen LogP contribution in [0.25, 0.3) is 5.69 Å². The minimum absolute atomic E-state index is 0.343. The van der Waals surface area contributed by atoms with Crippen LogP contribution in [0.1, 0.15) is 17.2 Å². The first kappa shape index (κ1) is 13.1. The van der Waals surface area contributed by atoms with Gasteiger partial charge in [0, 0.05) is 11.8 Å². The minimum Gasteiger partial charge on any atom is -0.482 e. The van der Waals surface area contributed by atoms with Gasteiger partial charge in [0.25, 0.3) is 0 Å². The molecule has 0 amide bonds. The summed E-state index contributed by atoms with van der Waals surface area (Å²) in [6.45, 7) is 5.55. The number of hydrogen-bond acceptors (Lipinski definition) is 3. The van der Waals surface area contributed by atoms with Crippen molar-refractivity contribution in [2.24, 2.45) is 0 Å². The SMILES string of the molecule is Cc1nc(C)n(-c2cccc(OCC(=O)O)c2)c1C. The van der Waals surface area contributed by atoms with Crippen LogP contribution in [-0.2, 0) is 4.79 Å². The molecule has 0 aliphatic heterocycles. The number of imidazole rings is 1. The second-order valence-electron chi connectivity index (χ2n) is 4.35. The van der Waals surface area contributed by atoms with Crippen LogP contribution >= 0.6 is 0 Å². The Bertz CT molecular complexity index is 617. The molecule has 0 saturated carbocycles. The molecule has 5 heteroatoms. The summed E-state index contributed by atoms with van der Waals surface area (Å²) in [7, 11) is 0. The summed E-state index contributed by atoms with van der Waals surface area (Å²) < 4.78 is 7.20. The van der Waals surface area contributed by atoms with Gasteiger partial charge in [0.05, 0.1) is 11.4 Å². The molecule has 0 atom stereocenters. The van der Waals surface area contributed by atoms with Gasteiger partial charge in [-0.2, -0.15) is 0 Å². The van der Waals surface area contributed by atoms with E-state index in [4.69, 9.17) is 9.84 Å². The number of aromatic nitrogens is 2. The zero-order valence-corrected chi connectivity index (χ0v) is 11.2. The fraction of sp³-hybridized carbons (Fsp3) is 0.286. The van der Waals surface area contributed by atoms with Crippen LogP contribution in [0.2, 0.25) is 0 Å². The topological polar surface area (TPSA) is 64.4 Å². The lowest BCUT2D eigenvalue weighted by Gasteiger charge is -2.10. The summed E-state index contributed by atoms with van der Waals surface area (Å²) in [4.78, 5) is 14.9. The Hall–Kier alpha value is -2.30. The number of rotatable bonds is 4. The van der Waals surface area contributed by atoms with E-state index in [9.17, 15) is 4.79 Å². The van der Waals surface area contributed by atoms with Crippen LogP contribution in [-0.4, -0.2) is 27.2 Å². The molecule has 2 rings (SSSR count). The second kappa shape index (κ2) is 5.14. The van der Waals surface area contributed by atoms with Gasteiger partial charge < -0.3 is 14.4 Å². The largest absolute Gasteiger partial charge is 0.482 e. The second-order valence-corrected chi connectivity index (χ2v) is 4.35. The monoisotopic (exact) mass is 260 g/mol. The minimum atomic E-state index is -0.990.